The molecule has 0 fully saturated rings. The quantitative estimate of drug-likeness (QED) is 0.601. The van der Waals surface area contributed by atoms with Crippen molar-refractivity contribution >= 4 is 11.8 Å². The molecule has 1 aromatic carbocycles. The Morgan fingerprint density at radius 1 is 1.18 bits per heavy atom. The lowest BCUT2D eigenvalue weighted by atomic mass is 10.1. The maximum absolute atomic E-state index is 5.51. The van der Waals surface area contributed by atoms with Crippen molar-refractivity contribution in [1.29, 1.82) is 0 Å². The molecule has 0 unspecified atom stereocenters. The lowest BCUT2D eigenvalue weighted by molar-refractivity contribution is 0.373. The molecule has 1 rings (SSSR count). The van der Waals surface area contributed by atoms with Crippen LogP contribution in [-0.4, -0.2) is 27.0 Å². The summed E-state index contributed by atoms with van der Waals surface area (Å²) in [6, 6.07) is 4.08. The average Bonchev–Trinajstić information content (AvgIpc) is 2.38. The van der Waals surface area contributed by atoms with Gasteiger partial charge in [-0.15, -0.1) is 11.8 Å². The van der Waals surface area contributed by atoms with Crippen LogP contribution < -0.4 is 15.2 Å². The molecular formula is C13H21NO2S. The van der Waals surface area contributed by atoms with Gasteiger partial charge in [0.1, 0.15) is 11.5 Å². The second kappa shape index (κ2) is 7.45. The Kier molecular flexibility index (Phi) is 6.22. The summed E-state index contributed by atoms with van der Waals surface area (Å²) in [7, 11) is 3.39. The van der Waals surface area contributed by atoms with Crippen LogP contribution in [0.4, 0.5) is 0 Å². The van der Waals surface area contributed by atoms with Gasteiger partial charge in [0, 0.05) is 0 Å². The fourth-order valence-electron chi connectivity index (χ4n) is 1.82. The van der Waals surface area contributed by atoms with Crippen molar-refractivity contribution in [3.05, 3.63) is 17.7 Å². The molecule has 17 heavy (non-hydrogen) atoms. The van der Waals surface area contributed by atoms with Gasteiger partial charge in [0.05, 0.1) is 19.1 Å². The van der Waals surface area contributed by atoms with Crippen molar-refractivity contribution in [2.24, 2.45) is 5.73 Å². The van der Waals surface area contributed by atoms with E-state index in [-0.39, 0.29) is 0 Å². The molecule has 3 nitrogen and oxygen atoms in total. The van der Waals surface area contributed by atoms with Gasteiger partial charge in [-0.2, -0.15) is 0 Å². The molecule has 4 heteroatoms. The highest BCUT2D eigenvalue weighted by atomic mass is 32.2. The summed E-state index contributed by atoms with van der Waals surface area (Å²) in [6.45, 7) is 0.744. The Morgan fingerprint density at radius 2 is 1.94 bits per heavy atom. The molecule has 0 bridgehead atoms. The minimum Gasteiger partial charge on any atom is -0.495 e. The molecule has 0 spiro atoms. The molecule has 0 aliphatic carbocycles. The van der Waals surface area contributed by atoms with Crippen molar-refractivity contribution in [3.63, 3.8) is 0 Å². The first-order valence-electron chi connectivity index (χ1n) is 5.76. The summed E-state index contributed by atoms with van der Waals surface area (Å²) < 4.78 is 10.8. The number of methoxy groups -OCH3 is 2. The van der Waals surface area contributed by atoms with Crippen LogP contribution in [0.15, 0.2) is 17.0 Å². The molecular weight excluding hydrogens is 234 g/mol. The minimum absolute atomic E-state index is 0.744. The Morgan fingerprint density at radius 3 is 2.47 bits per heavy atom. The molecule has 0 saturated heterocycles. The van der Waals surface area contributed by atoms with Gasteiger partial charge in [0.25, 0.3) is 0 Å². The average molecular weight is 255 g/mol. The third kappa shape index (κ3) is 3.54. The van der Waals surface area contributed by atoms with Crippen molar-refractivity contribution in [3.8, 4) is 11.5 Å². The topological polar surface area (TPSA) is 44.5 Å². The van der Waals surface area contributed by atoms with E-state index in [1.165, 1.54) is 5.56 Å². The monoisotopic (exact) mass is 255 g/mol. The van der Waals surface area contributed by atoms with Crippen molar-refractivity contribution in [2.45, 2.75) is 24.2 Å². The summed E-state index contributed by atoms with van der Waals surface area (Å²) in [4.78, 5) is 1.07. The largest absolute Gasteiger partial charge is 0.495 e. The van der Waals surface area contributed by atoms with E-state index >= 15 is 0 Å². The van der Waals surface area contributed by atoms with Gasteiger partial charge in [-0.25, -0.2) is 0 Å². The van der Waals surface area contributed by atoms with E-state index in [0.29, 0.717) is 0 Å². The van der Waals surface area contributed by atoms with Crippen LogP contribution in [0.5, 0.6) is 11.5 Å². The second-order valence-corrected chi connectivity index (χ2v) is 4.56. The number of aryl methyl sites for hydroxylation is 1. The zero-order valence-electron chi connectivity index (χ0n) is 10.8. The number of benzene rings is 1. The number of ether oxygens (including phenoxy) is 2. The SMILES string of the molecule is COc1ccc(CCCCN)c(OC)c1SC. The molecule has 0 radical (unpaired) electrons. The predicted octanol–water partition coefficient (Wildman–Crippen LogP) is 2.71. The predicted molar refractivity (Wildman–Crippen MR) is 73.3 cm³/mol. The molecule has 0 aliphatic heterocycles. The number of thioether (sulfide) groups is 1. The Labute approximate surface area is 108 Å². The number of hydrogen-bond acceptors (Lipinski definition) is 4. The van der Waals surface area contributed by atoms with Crippen LogP contribution in [0.2, 0.25) is 0 Å². The molecule has 1 aromatic rings. The van der Waals surface area contributed by atoms with E-state index in [1.54, 1.807) is 26.0 Å². The Balaban J connectivity index is 2.97. The van der Waals surface area contributed by atoms with Crippen molar-refractivity contribution in [2.75, 3.05) is 27.0 Å². The lowest BCUT2D eigenvalue weighted by Crippen LogP contribution is -2.01. The van der Waals surface area contributed by atoms with Gasteiger partial charge >= 0.3 is 0 Å². The van der Waals surface area contributed by atoms with E-state index in [9.17, 15) is 0 Å². The van der Waals surface area contributed by atoms with E-state index in [4.69, 9.17) is 15.2 Å². The maximum atomic E-state index is 5.51. The summed E-state index contributed by atoms with van der Waals surface area (Å²) in [5, 5.41) is 0. The molecule has 0 aliphatic rings. The van der Waals surface area contributed by atoms with E-state index in [1.807, 2.05) is 12.3 Å². The summed E-state index contributed by atoms with van der Waals surface area (Å²) in [5.41, 5.74) is 6.74. The van der Waals surface area contributed by atoms with Gasteiger partial charge in [0.2, 0.25) is 0 Å². The Bertz CT molecular complexity index is 356. The lowest BCUT2D eigenvalue weighted by Gasteiger charge is -2.15. The highest BCUT2D eigenvalue weighted by Crippen LogP contribution is 2.39. The molecule has 0 amide bonds. The van der Waals surface area contributed by atoms with E-state index in [0.717, 1.165) is 42.2 Å². The fraction of sp³-hybridized carbons (Fsp3) is 0.538. The van der Waals surface area contributed by atoms with Gasteiger partial charge in [0.15, 0.2) is 0 Å². The van der Waals surface area contributed by atoms with Crippen LogP contribution in [0.3, 0.4) is 0 Å². The van der Waals surface area contributed by atoms with Gasteiger partial charge < -0.3 is 15.2 Å². The molecule has 96 valence electrons. The number of hydrogen-bond donors (Lipinski definition) is 1. The van der Waals surface area contributed by atoms with Gasteiger partial charge in [-0.1, -0.05) is 6.07 Å². The molecule has 0 heterocycles. The molecule has 0 saturated carbocycles. The summed E-state index contributed by atoms with van der Waals surface area (Å²) >= 11 is 1.65. The van der Waals surface area contributed by atoms with Crippen LogP contribution >= 0.6 is 11.8 Å². The molecule has 0 aromatic heterocycles. The molecule has 0 atom stereocenters. The first kappa shape index (κ1) is 14.2. The fourth-order valence-corrected chi connectivity index (χ4v) is 2.57. The third-order valence-corrected chi connectivity index (χ3v) is 3.48. The number of rotatable bonds is 7. The number of nitrogens with two attached hydrogens (primary N) is 1. The highest BCUT2D eigenvalue weighted by Gasteiger charge is 2.13. The second-order valence-electron chi connectivity index (χ2n) is 3.74. The standard InChI is InChI=1S/C13H21NO2S/c1-15-11-8-7-10(6-4-5-9-14)12(16-2)13(11)17-3/h7-8H,4-6,9,14H2,1-3H3. The zero-order chi connectivity index (χ0) is 12.7. The Hall–Kier alpha value is -0.870. The van der Waals surface area contributed by atoms with E-state index < -0.39 is 0 Å². The molecule has 2 N–H and O–H groups in total. The first-order chi connectivity index (χ1) is 8.28. The number of unbranched alkanes of at least 4 members (excludes halogenated alkanes) is 1. The smallest absolute Gasteiger partial charge is 0.139 e. The van der Waals surface area contributed by atoms with Crippen LogP contribution in [-0.2, 0) is 6.42 Å². The minimum atomic E-state index is 0.744. The first-order valence-corrected chi connectivity index (χ1v) is 6.98. The van der Waals surface area contributed by atoms with Gasteiger partial charge in [-0.05, 0) is 43.7 Å². The van der Waals surface area contributed by atoms with Crippen molar-refractivity contribution < 1.29 is 9.47 Å². The van der Waals surface area contributed by atoms with Crippen molar-refractivity contribution in [1.82, 2.24) is 0 Å². The van der Waals surface area contributed by atoms with Gasteiger partial charge in [-0.3, -0.25) is 0 Å². The third-order valence-electron chi connectivity index (χ3n) is 2.69. The normalized spacial score (nSPS) is 10.4. The van der Waals surface area contributed by atoms with Crippen LogP contribution in [0, 0.1) is 0 Å². The summed E-state index contributed by atoms with van der Waals surface area (Å²) in [6.07, 6.45) is 5.17. The highest BCUT2D eigenvalue weighted by molar-refractivity contribution is 7.98. The van der Waals surface area contributed by atoms with Crippen LogP contribution in [0.25, 0.3) is 0 Å². The maximum Gasteiger partial charge on any atom is 0.139 e. The van der Waals surface area contributed by atoms with Crippen LogP contribution in [0.1, 0.15) is 18.4 Å². The van der Waals surface area contributed by atoms with E-state index in [2.05, 4.69) is 6.07 Å². The summed E-state index contributed by atoms with van der Waals surface area (Å²) in [5.74, 6) is 1.81. The zero-order valence-corrected chi connectivity index (χ0v) is 11.6.